The van der Waals surface area contributed by atoms with Gasteiger partial charge in [0.05, 0.1) is 26.6 Å². The number of rotatable bonds is 7. The minimum atomic E-state index is -1.06. The van der Waals surface area contributed by atoms with Crippen LogP contribution >= 0.6 is 0 Å². The average molecular weight is 454 g/mol. The van der Waals surface area contributed by atoms with Crippen LogP contribution in [0, 0.1) is 0 Å². The standard InChI is InChI=1S/C8H16N2O3.Rf/c1-10(2,6-8(12)13)5-3-4-9-7-11;/h3-6H2,1-2H3,(H,9,11)(H,12,13);/p-1. The van der Waals surface area contributed by atoms with Crippen molar-refractivity contribution in [1.29, 1.82) is 0 Å². The van der Waals surface area contributed by atoms with Crippen LogP contribution in [0.25, 0.3) is 0 Å². The molecule has 0 unspecified atom stereocenters. The van der Waals surface area contributed by atoms with Crippen molar-refractivity contribution in [3.8, 4) is 0 Å². The first kappa shape index (κ1) is 14.4. The Bertz CT molecular complexity index is 185. The Balaban J connectivity index is 0. The molecule has 5 nitrogen and oxygen atoms in total. The topological polar surface area (TPSA) is 69.2 Å². The van der Waals surface area contributed by atoms with E-state index >= 15 is 0 Å². The zero-order chi connectivity index (χ0) is 10.3. The third kappa shape index (κ3) is 8.00. The van der Waals surface area contributed by atoms with Crippen LogP contribution in [-0.4, -0.2) is 50.6 Å². The van der Waals surface area contributed by atoms with Gasteiger partial charge in [-0.1, -0.05) is 0 Å². The van der Waals surface area contributed by atoms with Gasteiger partial charge < -0.3 is 24.5 Å². The van der Waals surface area contributed by atoms with Gasteiger partial charge in [-0.2, -0.15) is 6.41 Å². The summed E-state index contributed by atoms with van der Waals surface area (Å²) in [4.78, 5) is 20.1. The van der Waals surface area contributed by atoms with E-state index in [1.165, 1.54) is 0 Å². The Labute approximate surface area is 77.9 Å². The summed E-state index contributed by atoms with van der Waals surface area (Å²) >= 11 is 0. The van der Waals surface area contributed by atoms with Gasteiger partial charge in [0.2, 0.25) is 0 Å². The van der Waals surface area contributed by atoms with Gasteiger partial charge in [0.15, 0.2) is 0 Å². The predicted molar refractivity (Wildman–Crippen MR) is 45.2 cm³/mol. The predicted octanol–water partition coefficient (Wildman–Crippen LogP) is -2.14. The number of aliphatic carboxylic acids is 1. The van der Waals surface area contributed by atoms with Crippen molar-refractivity contribution in [2.75, 3.05) is 33.7 Å². The molecule has 0 aliphatic heterocycles. The minimum absolute atomic E-state index is 0. The van der Waals surface area contributed by atoms with E-state index in [1.807, 2.05) is 0 Å². The molecule has 0 bridgehead atoms. The molecule has 0 aromatic rings. The van der Waals surface area contributed by atoms with E-state index in [1.54, 1.807) is 20.5 Å². The first-order chi connectivity index (χ1) is 5.98. The van der Waals surface area contributed by atoms with Crippen LogP contribution in [0.3, 0.4) is 0 Å². The largest absolute Gasteiger partial charge is 0.544 e. The number of likely N-dealkylation sites (N-methyl/N-ethyl adjacent to an activating group) is 1. The van der Waals surface area contributed by atoms with Crippen LogP contribution in [0.15, 0.2) is 0 Å². The first-order valence-corrected chi connectivity index (χ1v) is 4.10. The van der Waals surface area contributed by atoms with Crippen LogP contribution in [0.4, 0.5) is 0 Å². The SMILES string of the molecule is C[N+](C)(CCCN[C-]=O)CC(=O)[O-].[Rf]. The number of carbonyl (C=O) groups is 1. The molecule has 78 valence electrons. The van der Waals surface area contributed by atoms with Gasteiger partial charge >= 0.3 is 0 Å². The normalized spacial score (nSPS) is 10.1. The molecule has 1 amide bonds. The van der Waals surface area contributed by atoms with E-state index in [9.17, 15) is 14.7 Å². The molecule has 0 saturated carbocycles. The van der Waals surface area contributed by atoms with Gasteiger partial charge in [0.1, 0.15) is 6.54 Å². The molecule has 14 heavy (non-hydrogen) atoms. The Hall–Kier alpha value is -2.10. The maximum Gasteiger partial charge on any atom is 0.119 e. The number of quaternary nitrogens is 1. The van der Waals surface area contributed by atoms with Crippen LogP contribution in [0.5, 0.6) is 0 Å². The number of hydrogen-bond donors (Lipinski definition) is 1. The summed E-state index contributed by atoms with van der Waals surface area (Å²) in [5.41, 5.74) is 0. The molecule has 0 aromatic heterocycles. The molecule has 0 aromatic carbocycles. The maximum atomic E-state index is 10.3. The second-order valence-corrected chi connectivity index (χ2v) is 3.57. The maximum absolute atomic E-state index is 10.3. The van der Waals surface area contributed by atoms with Crippen LogP contribution in [0.1, 0.15) is 6.42 Å². The van der Waals surface area contributed by atoms with Gasteiger partial charge in [0.25, 0.3) is 0 Å². The molecule has 0 aliphatic carbocycles. The Kier molecular flexibility index (Phi) is 6.61. The molecule has 0 atom stereocenters. The van der Waals surface area contributed by atoms with Crippen molar-refractivity contribution in [1.82, 2.24) is 5.32 Å². The van der Waals surface area contributed by atoms with Crippen molar-refractivity contribution < 1.29 is 19.2 Å². The number of amides is 1. The molecule has 0 rings (SSSR count). The number of carboxylic acid groups (broad SMARTS) is 1. The summed E-state index contributed by atoms with van der Waals surface area (Å²) in [6.45, 7) is 1.20. The molecule has 0 spiro atoms. The first-order valence-electron chi connectivity index (χ1n) is 4.10. The fourth-order valence-corrected chi connectivity index (χ4v) is 1.08. The monoisotopic (exact) mass is 454 g/mol. The smallest absolute Gasteiger partial charge is 0.119 e. The number of hydrogen-bond acceptors (Lipinski definition) is 3. The van der Waals surface area contributed by atoms with E-state index in [0.29, 0.717) is 17.6 Å². The summed E-state index contributed by atoms with van der Waals surface area (Å²) in [6, 6.07) is 0. The van der Waals surface area contributed by atoms with Gasteiger partial charge in [-0.25, -0.2) is 0 Å². The van der Waals surface area contributed by atoms with Crippen LogP contribution in [-0.2, 0) is 9.59 Å². The van der Waals surface area contributed by atoms with E-state index in [0.717, 1.165) is 6.42 Å². The quantitative estimate of drug-likeness (QED) is 0.207. The van der Waals surface area contributed by atoms with Gasteiger partial charge in [-0.05, 0) is 6.54 Å². The van der Waals surface area contributed by atoms with Gasteiger partial charge in [-0.15, -0.1) is 0 Å². The molecule has 1 N–H and O–H groups in total. The minimum Gasteiger partial charge on any atom is -0.544 e. The van der Waals surface area contributed by atoms with E-state index in [4.69, 9.17) is 0 Å². The number of nitrogens with zero attached hydrogens (tertiary/aromatic N) is 1. The molecule has 6 heteroatoms. The molecule has 0 heterocycles. The van der Waals surface area contributed by atoms with Crippen LogP contribution < -0.4 is 10.4 Å². The third-order valence-electron chi connectivity index (χ3n) is 1.69. The Morgan fingerprint density at radius 2 is 2.07 bits per heavy atom. The van der Waals surface area contributed by atoms with E-state index < -0.39 is 5.97 Å². The Morgan fingerprint density at radius 3 is 2.50 bits per heavy atom. The summed E-state index contributed by atoms with van der Waals surface area (Å²) in [5, 5.41) is 12.7. The summed E-state index contributed by atoms with van der Waals surface area (Å²) in [7, 11) is 3.61. The van der Waals surface area contributed by atoms with E-state index in [2.05, 4.69) is 5.32 Å². The molecule has 0 radical (unpaired) electrons. The summed E-state index contributed by atoms with van der Waals surface area (Å²) in [5.74, 6) is -1.06. The molecular weight excluding hydrogens is 439 g/mol. The van der Waals surface area contributed by atoms with Crippen molar-refractivity contribution in [2.45, 2.75) is 6.42 Å². The summed E-state index contributed by atoms with van der Waals surface area (Å²) in [6.07, 6.45) is 2.29. The zero-order valence-corrected chi connectivity index (χ0v) is 15.1. The van der Waals surface area contributed by atoms with Crippen molar-refractivity contribution in [2.24, 2.45) is 0 Å². The number of nitrogens with one attached hydrogen (secondary N) is 1. The average Bonchev–Trinajstić information content (AvgIpc) is 1.95. The van der Waals surface area contributed by atoms with Crippen molar-refractivity contribution >= 4 is 12.4 Å². The fraction of sp³-hybridized carbons (Fsp3) is 0.750. The fourth-order valence-electron chi connectivity index (χ4n) is 1.08. The van der Waals surface area contributed by atoms with Gasteiger partial charge in [-0.3, -0.25) is 0 Å². The van der Waals surface area contributed by atoms with Crippen molar-refractivity contribution in [3.63, 3.8) is 0 Å². The zero-order valence-electron chi connectivity index (χ0n) is 8.71. The van der Waals surface area contributed by atoms with Gasteiger partial charge in [0, 0.05) is 6.42 Å². The third-order valence-corrected chi connectivity index (χ3v) is 1.69. The number of carbonyl (C=O) groups excluding carboxylic acids is 2. The molecular formula is C8H15N2O3Rf-. The van der Waals surface area contributed by atoms with E-state index in [-0.39, 0.29) is 6.54 Å². The molecule has 0 aliphatic rings. The summed E-state index contributed by atoms with van der Waals surface area (Å²) < 4.78 is 0.364. The van der Waals surface area contributed by atoms with Crippen LogP contribution in [0.2, 0.25) is 0 Å². The Morgan fingerprint density at radius 1 is 1.50 bits per heavy atom. The molecule has 0 fully saturated rings. The number of carboxylic acids is 1. The second kappa shape index (κ2) is 6.42. The second-order valence-electron chi connectivity index (χ2n) is 3.57. The van der Waals surface area contributed by atoms with Crippen molar-refractivity contribution in [3.05, 3.63) is 0 Å². The molecule has 0 saturated heterocycles.